The van der Waals surface area contributed by atoms with E-state index in [-0.39, 0.29) is 28.2 Å². The number of aliphatic hydroxyl groups excluding tert-OH is 1. The largest absolute Gasteiger partial charge is 0.494 e. The van der Waals surface area contributed by atoms with Crippen LogP contribution in [0.4, 0.5) is 13.2 Å². The maximum Gasteiger partial charge on any atom is 0.435 e. The van der Waals surface area contributed by atoms with Crippen molar-refractivity contribution in [1.29, 1.82) is 0 Å². The number of nitrogens with zero attached hydrogens (tertiary/aromatic N) is 3. The van der Waals surface area contributed by atoms with Gasteiger partial charge in [0.2, 0.25) is 5.89 Å². The lowest BCUT2D eigenvalue weighted by molar-refractivity contribution is -0.140. The minimum atomic E-state index is -4.92. The average molecular weight is 527 g/mol. The van der Waals surface area contributed by atoms with Crippen LogP contribution in [-0.2, 0) is 6.18 Å². The van der Waals surface area contributed by atoms with Gasteiger partial charge in [0.1, 0.15) is 22.7 Å². The zero-order chi connectivity index (χ0) is 27.2. The predicted molar refractivity (Wildman–Crippen MR) is 130 cm³/mol. The van der Waals surface area contributed by atoms with E-state index in [1.54, 1.807) is 24.3 Å². The lowest BCUT2D eigenvalue weighted by atomic mass is 10.1. The molecule has 0 unspecified atom stereocenters. The van der Waals surface area contributed by atoms with Crippen molar-refractivity contribution >= 4 is 22.7 Å². The number of para-hydroxylation sites is 1. The molecule has 3 N–H and O–H groups in total. The van der Waals surface area contributed by atoms with Gasteiger partial charge in [-0.3, -0.25) is 9.59 Å². The van der Waals surface area contributed by atoms with E-state index in [1.165, 1.54) is 38.3 Å². The first kappa shape index (κ1) is 25.0. The molecule has 5 rings (SSSR count). The summed E-state index contributed by atoms with van der Waals surface area (Å²) in [4.78, 5) is 33.9. The van der Waals surface area contributed by atoms with Gasteiger partial charge in [-0.15, -0.1) is 0 Å². The van der Waals surface area contributed by atoms with Crippen LogP contribution in [0.5, 0.6) is 5.75 Å². The molecular weight excluding hydrogens is 507 g/mol. The molecule has 0 fully saturated rings. The Morgan fingerprint density at radius 1 is 1.18 bits per heavy atom. The number of methoxy groups -OCH3 is 1. The molecular formula is C25H20F3N5O5. The normalized spacial score (nSPS) is 12.7. The van der Waals surface area contributed by atoms with Gasteiger partial charge in [0.25, 0.3) is 11.5 Å². The minimum Gasteiger partial charge on any atom is -0.494 e. The number of oxazole rings is 1. The maximum absolute atomic E-state index is 14.1. The molecule has 1 amide bonds. The second-order valence-electron chi connectivity index (χ2n) is 8.41. The first-order valence-corrected chi connectivity index (χ1v) is 11.3. The van der Waals surface area contributed by atoms with E-state index < -0.39 is 52.8 Å². The smallest absolute Gasteiger partial charge is 0.435 e. The Hall–Kier alpha value is -4.65. The number of amides is 1. The third kappa shape index (κ3) is 4.16. The van der Waals surface area contributed by atoms with Crippen molar-refractivity contribution in [1.82, 2.24) is 24.9 Å². The zero-order valence-electron chi connectivity index (χ0n) is 20.0. The van der Waals surface area contributed by atoms with Crippen LogP contribution in [0.15, 0.2) is 57.7 Å². The molecule has 5 aromatic rings. The van der Waals surface area contributed by atoms with Crippen LogP contribution in [0.25, 0.3) is 39.3 Å². The van der Waals surface area contributed by atoms with E-state index in [2.05, 4.69) is 20.4 Å². The molecule has 0 radical (unpaired) electrons. The van der Waals surface area contributed by atoms with Crippen LogP contribution < -0.4 is 15.6 Å². The number of aromatic amines is 1. The number of H-pyrrole nitrogens is 1. The fourth-order valence-electron chi connectivity index (χ4n) is 4.06. The number of ether oxygens (including phenoxy) is 1. The Labute approximate surface area is 211 Å². The second-order valence-corrected chi connectivity index (χ2v) is 8.41. The molecule has 0 aliphatic heterocycles. The standard InChI is InChI=1S/C25H20F3N5O5/c1-12(11-34)29-22(35)19-17(23-31-18-14(37-2)9-6-10-15(18)38-23)24(36)33-21(30-19)16(13-7-4-3-5-8-13)20(32-33)25(26,27)28/h3-10,12,30,34H,11H2,1-2H3,(H,29,35)/t12-/m0/s1. The van der Waals surface area contributed by atoms with Crippen molar-refractivity contribution in [2.45, 2.75) is 19.1 Å². The summed E-state index contributed by atoms with van der Waals surface area (Å²) in [5.41, 5.74) is -3.44. The van der Waals surface area contributed by atoms with Crippen LogP contribution in [0, 0.1) is 0 Å². The Kier molecular flexibility index (Phi) is 6.15. The van der Waals surface area contributed by atoms with E-state index >= 15 is 0 Å². The van der Waals surface area contributed by atoms with E-state index in [4.69, 9.17) is 9.15 Å². The predicted octanol–water partition coefficient (Wildman–Crippen LogP) is 3.64. The molecule has 1 atom stereocenters. The number of rotatable bonds is 6. The monoisotopic (exact) mass is 527 g/mol. The SMILES string of the molecule is COc1cccc2oc(-c3c(C(=O)N[C@@H](C)CO)[nH]c4c(-c5ccccc5)c(C(F)(F)F)nn4c3=O)nc12. The van der Waals surface area contributed by atoms with Gasteiger partial charge in [0, 0.05) is 6.04 Å². The Bertz CT molecular complexity index is 1720. The number of nitrogens with one attached hydrogen (secondary N) is 2. The first-order valence-electron chi connectivity index (χ1n) is 11.3. The third-order valence-corrected chi connectivity index (χ3v) is 5.81. The molecule has 38 heavy (non-hydrogen) atoms. The molecule has 196 valence electrons. The second kappa shape index (κ2) is 9.34. The van der Waals surface area contributed by atoms with Gasteiger partial charge in [0.05, 0.1) is 19.3 Å². The number of hydrogen-bond donors (Lipinski definition) is 3. The molecule has 0 spiro atoms. The van der Waals surface area contributed by atoms with Crippen LogP contribution in [-0.4, -0.2) is 50.4 Å². The molecule has 3 aromatic heterocycles. The number of fused-ring (bicyclic) bond motifs is 2. The number of aliphatic hydroxyl groups is 1. The van der Waals surface area contributed by atoms with Crippen LogP contribution >= 0.6 is 0 Å². The van der Waals surface area contributed by atoms with Crippen molar-refractivity contribution in [3.05, 3.63) is 70.3 Å². The number of benzene rings is 2. The summed E-state index contributed by atoms with van der Waals surface area (Å²) < 4.78 is 53.8. The molecule has 0 aliphatic rings. The number of carbonyl (C=O) groups excluding carboxylic acids is 1. The summed E-state index contributed by atoms with van der Waals surface area (Å²) in [6.45, 7) is 1.09. The van der Waals surface area contributed by atoms with Crippen LogP contribution in [0.3, 0.4) is 0 Å². The molecule has 0 saturated heterocycles. The molecule has 13 heteroatoms. The van der Waals surface area contributed by atoms with Crippen molar-refractivity contribution in [2.75, 3.05) is 13.7 Å². The van der Waals surface area contributed by atoms with E-state index in [0.29, 0.717) is 10.3 Å². The Morgan fingerprint density at radius 3 is 2.58 bits per heavy atom. The van der Waals surface area contributed by atoms with Gasteiger partial charge < -0.3 is 24.6 Å². The Balaban J connectivity index is 1.87. The Morgan fingerprint density at radius 2 is 1.92 bits per heavy atom. The van der Waals surface area contributed by atoms with Gasteiger partial charge in [-0.2, -0.15) is 22.8 Å². The number of hydrogen-bond acceptors (Lipinski definition) is 7. The quantitative estimate of drug-likeness (QED) is 0.307. The summed E-state index contributed by atoms with van der Waals surface area (Å²) in [6.07, 6.45) is -4.92. The average Bonchev–Trinajstić information content (AvgIpc) is 3.51. The molecule has 0 bridgehead atoms. The fourth-order valence-corrected chi connectivity index (χ4v) is 4.06. The summed E-state index contributed by atoms with van der Waals surface area (Å²) in [7, 11) is 1.41. The van der Waals surface area contributed by atoms with Gasteiger partial charge in [-0.25, -0.2) is 4.98 Å². The first-order chi connectivity index (χ1) is 18.1. The lowest BCUT2D eigenvalue weighted by Gasteiger charge is -2.13. The minimum absolute atomic E-state index is 0.125. The number of alkyl halides is 3. The summed E-state index contributed by atoms with van der Waals surface area (Å²) in [6, 6.07) is 11.6. The van der Waals surface area contributed by atoms with Crippen molar-refractivity contribution in [3.8, 4) is 28.3 Å². The van der Waals surface area contributed by atoms with Gasteiger partial charge in [-0.05, 0) is 24.6 Å². The highest BCUT2D eigenvalue weighted by molar-refractivity contribution is 6.00. The highest BCUT2D eigenvalue weighted by Crippen LogP contribution is 2.39. The molecule has 0 saturated carbocycles. The van der Waals surface area contributed by atoms with Gasteiger partial charge in [0.15, 0.2) is 16.8 Å². The molecule has 3 heterocycles. The van der Waals surface area contributed by atoms with Crippen molar-refractivity contribution in [3.63, 3.8) is 0 Å². The maximum atomic E-state index is 14.1. The fraction of sp³-hybridized carbons (Fsp3) is 0.200. The van der Waals surface area contributed by atoms with Crippen molar-refractivity contribution in [2.24, 2.45) is 0 Å². The number of aromatic nitrogens is 4. The topological polar surface area (TPSA) is 135 Å². The summed E-state index contributed by atoms with van der Waals surface area (Å²) >= 11 is 0. The van der Waals surface area contributed by atoms with E-state index in [1.807, 2.05) is 0 Å². The molecule has 2 aromatic carbocycles. The number of halogens is 3. The third-order valence-electron chi connectivity index (χ3n) is 5.81. The summed E-state index contributed by atoms with van der Waals surface area (Å²) in [5, 5.41) is 15.5. The summed E-state index contributed by atoms with van der Waals surface area (Å²) in [5.74, 6) is -0.886. The van der Waals surface area contributed by atoms with Gasteiger partial charge in [-0.1, -0.05) is 36.4 Å². The van der Waals surface area contributed by atoms with Crippen LogP contribution in [0.2, 0.25) is 0 Å². The van der Waals surface area contributed by atoms with E-state index in [0.717, 1.165) is 0 Å². The highest BCUT2D eigenvalue weighted by Gasteiger charge is 2.40. The molecule has 0 aliphatic carbocycles. The van der Waals surface area contributed by atoms with Gasteiger partial charge >= 0.3 is 6.18 Å². The number of carbonyl (C=O) groups is 1. The van der Waals surface area contributed by atoms with Crippen molar-refractivity contribution < 1.29 is 32.2 Å². The van der Waals surface area contributed by atoms with E-state index in [9.17, 15) is 27.9 Å². The molecule has 10 nitrogen and oxygen atoms in total. The van der Waals surface area contributed by atoms with Crippen LogP contribution in [0.1, 0.15) is 23.1 Å². The lowest BCUT2D eigenvalue weighted by Crippen LogP contribution is -2.37. The highest BCUT2D eigenvalue weighted by atomic mass is 19.4. The zero-order valence-corrected chi connectivity index (χ0v) is 20.0.